The molecule has 0 radical (unpaired) electrons. The minimum Gasteiger partial charge on any atom is -0.493 e. The Morgan fingerprint density at radius 1 is 1.12 bits per heavy atom. The Balaban J connectivity index is 1.90. The number of amides is 1. The van der Waals surface area contributed by atoms with Crippen LogP contribution in [0, 0.1) is 0 Å². The number of aliphatic hydroxyl groups is 1. The molecule has 2 rings (SSSR count). The summed E-state index contributed by atoms with van der Waals surface area (Å²) in [4.78, 5) is 12.2. The predicted octanol–water partition coefficient (Wildman–Crippen LogP) is 2.97. The van der Waals surface area contributed by atoms with Gasteiger partial charge >= 0.3 is 0 Å². The van der Waals surface area contributed by atoms with E-state index < -0.39 is 12.2 Å². The summed E-state index contributed by atoms with van der Waals surface area (Å²) in [6, 6.07) is 11.8. The summed E-state index contributed by atoms with van der Waals surface area (Å²) in [6.07, 6.45) is -1.60. The molecular weight excluding hydrogens is 358 g/mol. The van der Waals surface area contributed by atoms with Crippen LogP contribution in [0.1, 0.15) is 18.6 Å². The summed E-state index contributed by atoms with van der Waals surface area (Å²) in [7, 11) is 3.06. The second-order valence-electron chi connectivity index (χ2n) is 5.59. The molecule has 0 bridgehead atoms. The van der Waals surface area contributed by atoms with Crippen LogP contribution in [0.15, 0.2) is 42.5 Å². The predicted molar refractivity (Wildman–Crippen MR) is 99.1 cm³/mol. The number of hydrogen-bond acceptors (Lipinski definition) is 5. The van der Waals surface area contributed by atoms with Gasteiger partial charge in [-0.15, -0.1) is 0 Å². The third-order valence-electron chi connectivity index (χ3n) is 3.76. The molecule has 0 aromatic heterocycles. The standard InChI is InChI=1S/C19H22ClNO5/c1-12(26-15-7-5-14(20)6-8-15)19(23)21-11-16(22)13-4-9-17(24-2)18(10-13)25-3/h4-10,12,16,22H,11H2,1-3H3,(H,21,23). The number of carbonyl (C=O) groups is 1. The van der Waals surface area contributed by atoms with Crippen molar-refractivity contribution < 1.29 is 24.1 Å². The maximum absolute atomic E-state index is 12.2. The number of hydrogen-bond donors (Lipinski definition) is 2. The van der Waals surface area contributed by atoms with Crippen molar-refractivity contribution in [2.24, 2.45) is 0 Å². The lowest BCUT2D eigenvalue weighted by atomic mass is 10.1. The number of aliphatic hydroxyl groups excluding tert-OH is 1. The molecule has 1 amide bonds. The number of nitrogens with one attached hydrogen (secondary N) is 1. The molecular formula is C19H22ClNO5. The number of rotatable bonds is 8. The molecule has 140 valence electrons. The lowest BCUT2D eigenvalue weighted by molar-refractivity contribution is -0.127. The zero-order chi connectivity index (χ0) is 19.1. The zero-order valence-corrected chi connectivity index (χ0v) is 15.6. The lowest BCUT2D eigenvalue weighted by Gasteiger charge is -2.18. The van der Waals surface area contributed by atoms with Gasteiger partial charge in [-0.25, -0.2) is 0 Å². The third kappa shape index (κ3) is 5.28. The van der Waals surface area contributed by atoms with Crippen molar-refractivity contribution in [2.45, 2.75) is 19.1 Å². The Bertz CT molecular complexity index is 735. The van der Waals surface area contributed by atoms with E-state index in [2.05, 4.69) is 5.32 Å². The molecule has 0 aliphatic rings. The smallest absolute Gasteiger partial charge is 0.260 e. The van der Waals surface area contributed by atoms with Crippen LogP contribution >= 0.6 is 11.6 Å². The van der Waals surface area contributed by atoms with Gasteiger partial charge in [0.2, 0.25) is 0 Å². The molecule has 0 saturated heterocycles. The first-order valence-corrected chi connectivity index (χ1v) is 8.42. The Kier molecular flexibility index (Phi) is 7.12. The number of carbonyl (C=O) groups excluding carboxylic acids is 1. The molecule has 2 N–H and O–H groups in total. The molecule has 2 atom stereocenters. The van der Waals surface area contributed by atoms with Crippen LogP contribution < -0.4 is 19.5 Å². The van der Waals surface area contributed by atoms with E-state index >= 15 is 0 Å². The molecule has 0 aliphatic carbocycles. The van der Waals surface area contributed by atoms with Gasteiger partial charge in [0.15, 0.2) is 17.6 Å². The highest BCUT2D eigenvalue weighted by molar-refractivity contribution is 6.30. The SMILES string of the molecule is COc1ccc(C(O)CNC(=O)C(C)Oc2ccc(Cl)cc2)cc1OC. The average molecular weight is 380 g/mol. The van der Waals surface area contributed by atoms with Crippen LogP contribution in [-0.4, -0.2) is 37.9 Å². The maximum atomic E-state index is 12.2. The molecule has 26 heavy (non-hydrogen) atoms. The fourth-order valence-electron chi connectivity index (χ4n) is 2.29. The number of benzene rings is 2. The first-order valence-electron chi connectivity index (χ1n) is 8.04. The molecule has 7 heteroatoms. The summed E-state index contributed by atoms with van der Waals surface area (Å²) in [5.74, 6) is 1.28. The molecule has 2 aromatic rings. The van der Waals surface area contributed by atoms with Crippen molar-refractivity contribution >= 4 is 17.5 Å². The Labute approximate surface area is 157 Å². The number of ether oxygens (including phenoxy) is 3. The van der Waals surface area contributed by atoms with Gasteiger partial charge in [-0.3, -0.25) is 4.79 Å². The van der Waals surface area contributed by atoms with Crippen LogP contribution in [0.3, 0.4) is 0 Å². The quantitative estimate of drug-likeness (QED) is 0.737. The Morgan fingerprint density at radius 3 is 2.38 bits per heavy atom. The highest BCUT2D eigenvalue weighted by Crippen LogP contribution is 2.29. The Hall–Kier alpha value is -2.44. The van der Waals surface area contributed by atoms with Crippen LogP contribution in [-0.2, 0) is 4.79 Å². The van der Waals surface area contributed by atoms with Gasteiger partial charge < -0.3 is 24.6 Å². The maximum Gasteiger partial charge on any atom is 0.260 e. The fourth-order valence-corrected chi connectivity index (χ4v) is 2.42. The monoisotopic (exact) mass is 379 g/mol. The Morgan fingerprint density at radius 2 is 1.77 bits per heavy atom. The summed E-state index contributed by atoms with van der Waals surface area (Å²) in [5, 5.41) is 13.5. The van der Waals surface area contributed by atoms with Crippen LogP contribution in [0.4, 0.5) is 0 Å². The zero-order valence-electron chi connectivity index (χ0n) is 14.9. The van der Waals surface area contributed by atoms with E-state index in [1.807, 2.05) is 0 Å². The van der Waals surface area contributed by atoms with Gasteiger partial charge in [0.05, 0.1) is 20.3 Å². The second-order valence-corrected chi connectivity index (χ2v) is 6.03. The highest BCUT2D eigenvalue weighted by Gasteiger charge is 2.17. The fraction of sp³-hybridized carbons (Fsp3) is 0.316. The first-order chi connectivity index (χ1) is 12.4. The van der Waals surface area contributed by atoms with Crippen LogP contribution in [0.25, 0.3) is 0 Å². The van der Waals surface area contributed by atoms with E-state index in [1.54, 1.807) is 49.4 Å². The first kappa shape index (κ1) is 19.9. The summed E-state index contributed by atoms with van der Waals surface area (Å²) in [5.41, 5.74) is 0.606. The topological polar surface area (TPSA) is 77.0 Å². The number of halogens is 1. The van der Waals surface area contributed by atoms with Crippen molar-refractivity contribution in [1.29, 1.82) is 0 Å². The van der Waals surface area contributed by atoms with Gasteiger partial charge in [0, 0.05) is 11.6 Å². The van der Waals surface area contributed by atoms with Crippen molar-refractivity contribution in [3.05, 3.63) is 53.1 Å². The molecule has 2 unspecified atom stereocenters. The van der Waals surface area contributed by atoms with Crippen molar-refractivity contribution in [2.75, 3.05) is 20.8 Å². The van der Waals surface area contributed by atoms with Gasteiger partial charge in [0.25, 0.3) is 5.91 Å². The minimum absolute atomic E-state index is 0.0443. The molecule has 6 nitrogen and oxygen atoms in total. The van der Waals surface area contributed by atoms with Gasteiger partial charge in [0.1, 0.15) is 5.75 Å². The number of methoxy groups -OCH3 is 2. The van der Waals surface area contributed by atoms with Crippen molar-refractivity contribution in [1.82, 2.24) is 5.32 Å². The molecule has 0 spiro atoms. The van der Waals surface area contributed by atoms with E-state index in [0.29, 0.717) is 27.8 Å². The summed E-state index contributed by atoms with van der Waals surface area (Å²) < 4.78 is 15.9. The van der Waals surface area contributed by atoms with Gasteiger partial charge in [-0.1, -0.05) is 17.7 Å². The van der Waals surface area contributed by atoms with E-state index in [4.69, 9.17) is 25.8 Å². The van der Waals surface area contributed by atoms with Gasteiger partial charge in [-0.2, -0.15) is 0 Å². The second kappa shape index (κ2) is 9.31. The van der Waals surface area contributed by atoms with Crippen LogP contribution in [0.5, 0.6) is 17.2 Å². The van der Waals surface area contributed by atoms with E-state index in [1.165, 1.54) is 14.2 Å². The average Bonchev–Trinajstić information content (AvgIpc) is 2.66. The van der Waals surface area contributed by atoms with Crippen LogP contribution in [0.2, 0.25) is 5.02 Å². The van der Waals surface area contributed by atoms with E-state index in [0.717, 1.165) is 0 Å². The third-order valence-corrected chi connectivity index (χ3v) is 4.01. The summed E-state index contributed by atoms with van der Waals surface area (Å²) >= 11 is 5.81. The molecule has 0 aliphatic heterocycles. The van der Waals surface area contributed by atoms with Gasteiger partial charge in [-0.05, 0) is 48.9 Å². The molecule has 2 aromatic carbocycles. The molecule has 0 fully saturated rings. The molecule has 0 saturated carbocycles. The van der Waals surface area contributed by atoms with Crippen molar-refractivity contribution in [3.8, 4) is 17.2 Å². The highest BCUT2D eigenvalue weighted by atomic mass is 35.5. The lowest BCUT2D eigenvalue weighted by Crippen LogP contribution is -2.38. The molecule has 0 heterocycles. The largest absolute Gasteiger partial charge is 0.493 e. The minimum atomic E-state index is -0.888. The van der Waals surface area contributed by atoms with Crippen molar-refractivity contribution in [3.63, 3.8) is 0 Å². The van der Waals surface area contributed by atoms with E-state index in [-0.39, 0.29) is 12.5 Å². The normalized spacial score (nSPS) is 12.8. The summed E-state index contributed by atoms with van der Waals surface area (Å²) in [6.45, 7) is 1.68. The van der Waals surface area contributed by atoms with E-state index in [9.17, 15) is 9.90 Å².